The van der Waals surface area contributed by atoms with Gasteiger partial charge < -0.3 is 0 Å². The van der Waals surface area contributed by atoms with Gasteiger partial charge >= 0.3 is 0 Å². The number of rotatable bonds is 0. The Labute approximate surface area is 312 Å². The number of aryl methyl sites for hydroxylation is 4. The van der Waals surface area contributed by atoms with Crippen molar-refractivity contribution < 1.29 is 32.7 Å². The Morgan fingerprint density at radius 1 is 0.413 bits per heavy atom. The second-order valence-corrected chi connectivity index (χ2v) is 12.5. The molecule has 2 aliphatic rings. The molecule has 251 valence electrons. The second-order valence-electron chi connectivity index (χ2n) is 12.5. The molecule has 0 atom stereocenters. The third-order valence-electron chi connectivity index (χ3n) is 8.10. The van der Waals surface area contributed by atoms with Crippen molar-refractivity contribution in [3.63, 3.8) is 0 Å². The van der Waals surface area contributed by atoms with Gasteiger partial charge in [-0.15, -0.1) is 0 Å². The van der Waals surface area contributed by atoms with E-state index >= 15 is 0 Å². The van der Waals surface area contributed by atoms with Crippen molar-refractivity contribution in [1.82, 2.24) is 0 Å². The van der Waals surface area contributed by atoms with Crippen LogP contribution in [-0.4, -0.2) is 0 Å². The molecule has 1 spiro atoms. The average Bonchev–Trinajstić information content (AvgIpc) is 3.41. The standard InChI is InChI=1S/C23H28.2C7H7.4C2H6.Y/c1-15-7-9-17-19(11-15)23(13-21(17,3)4)14-22(5,6)18-10-8-16(2)12-20(18)23;2*1-7-5-3-2-4-6-7;4*1-2;/h7-12H,13-14H2,1-6H3;2*3-6H,1H3;4*1-2H3;/q;2*-1;;;;;. The summed E-state index contributed by atoms with van der Waals surface area (Å²) in [6, 6.07) is 35.9. The van der Waals surface area contributed by atoms with Gasteiger partial charge in [0.2, 0.25) is 0 Å². The first-order chi connectivity index (χ1) is 21.4. The van der Waals surface area contributed by atoms with Gasteiger partial charge in [-0.1, -0.05) is 144 Å². The molecule has 0 aromatic heterocycles. The summed E-state index contributed by atoms with van der Waals surface area (Å²) in [5, 5.41) is 0. The predicted octanol–water partition coefficient (Wildman–Crippen LogP) is 13.6. The maximum Gasteiger partial charge on any atom is 0.0225 e. The molecule has 0 unspecified atom stereocenters. The fourth-order valence-electron chi connectivity index (χ4n) is 6.52. The Morgan fingerprint density at radius 2 is 0.696 bits per heavy atom. The first-order valence-electron chi connectivity index (χ1n) is 17.5. The van der Waals surface area contributed by atoms with E-state index < -0.39 is 0 Å². The third-order valence-corrected chi connectivity index (χ3v) is 8.10. The summed E-state index contributed by atoms with van der Waals surface area (Å²) in [4.78, 5) is 0. The topological polar surface area (TPSA) is 0 Å². The largest absolute Gasteiger partial charge is 0.184 e. The SMILES string of the molecule is CC.CC.CC.CC.Cc1cc[c-]cc1.Cc1cc[c-]cc1.Cc1ccc2c(c1)C1(CC2(C)C)CC(C)(C)c2ccc(C)cc21.[Y]. The average molecular weight is 696 g/mol. The molecule has 2 aliphatic carbocycles. The van der Waals surface area contributed by atoms with Crippen molar-refractivity contribution in [2.45, 2.75) is 140 Å². The van der Waals surface area contributed by atoms with Gasteiger partial charge in [0.25, 0.3) is 0 Å². The monoisotopic (exact) mass is 695 g/mol. The second kappa shape index (κ2) is 22.5. The first-order valence-corrected chi connectivity index (χ1v) is 17.5. The summed E-state index contributed by atoms with van der Waals surface area (Å²) in [6.07, 6.45) is 2.47. The summed E-state index contributed by atoms with van der Waals surface area (Å²) in [6.45, 7) is 34.3. The Morgan fingerprint density at radius 3 is 0.935 bits per heavy atom. The van der Waals surface area contributed by atoms with Crippen LogP contribution in [0.1, 0.15) is 140 Å². The quantitative estimate of drug-likeness (QED) is 0.161. The van der Waals surface area contributed by atoms with Crippen LogP contribution in [0.25, 0.3) is 0 Å². The van der Waals surface area contributed by atoms with Crippen LogP contribution < -0.4 is 0 Å². The van der Waals surface area contributed by atoms with E-state index in [1.807, 2.05) is 104 Å². The van der Waals surface area contributed by atoms with Crippen molar-refractivity contribution in [1.29, 1.82) is 0 Å². The zero-order valence-corrected chi connectivity index (χ0v) is 35.4. The van der Waals surface area contributed by atoms with Crippen LogP contribution in [0.5, 0.6) is 0 Å². The molecule has 1 heteroatoms. The van der Waals surface area contributed by atoms with Gasteiger partial charge in [-0.2, -0.15) is 71.8 Å². The summed E-state index contributed by atoms with van der Waals surface area (Å²) >= 11 is 0. The molecule has 0 N–H and O–H groups in total. The normalized spacial score (nSPS) is 14.3. The molecule has 0 aliphatic heterocycles. The van der Waals surface area contributed by atoms with E-state index in [2.05, 4.69) is 104 Å². The van der Waals surface area contributed by atoms with Gasteiger partial charge in [-0.05, 0) is 59.8 Å². The van der Waals surface area contributed by atoms with E-state index in [4.69, 9.17) is 0 Å². The van der Waals surface area contributed by atoms with Crippen LogP contribution in [0, 0.1) is 39.8 Å². The van der Waals surface area contributed by atoms with Crippen molar-refractivity contribution in [3.05, 3.63) is 142 Å². The summed E-state index contributed by atoms with van der Waals surface area (Å²) in [5.41, 5.74) is 12.4. The minimum atomic E-state index is 0. The number of hydrogen-bond donors (Lipinski definition) is 0. The first kappa shape index (κ1) is 46.1. The van der Waals surface area contributed by atoms with Gasteiger partial charge in [0.1, 0.15) is 0 Å². The molecule has 4 aromatic rings. The minimum Gasteiger partial charge on any atom is -0.184 e. The van der Waals surface area contributed by atoms with Crippen molar-refractivity contribution >= 4 is 0 Å². The Kier molecular flexibility index (Phi) is 22.6. The van der Waals surface area contributed by atoms with Crippen LogP contribution in [-0.2, 0) is 49.0 Å². The van der Waals surface area contributed by atoms with E-state index in [1.54, 1.807) is 22.3 Å². The third kappa shape index (κ3) is 12.2. The molecule has 0 nitrogen and oxygen atoms in total. The minimum absolute atomic E-state index is 0. The van der Waals surface area contributed by atoms with Crippen molar-refractivity contribution in [2.75, 3.05) is 0 Å². The van der Waals surface area contributed by atoms with E-state index in [9.17, 15) is 0 Å². The summed E-state index contributed by atoms with van der Waals surface area (Å²) < 4.78 is 0. The smallest absolute Gasteiger partial charge is 0.0225 e. The van der Waals surface area contributed by atoms with Crippen LogP contribution in [0.3, 0.4) is 0 Å². The Balaban J connectivity index is 0. The summed E-state index contributed by atoms with van der Waals surface area (Å²) in [7, 11) is 0. The van der Waals surface area contributed by atoms with Crippen molar-refractivity contribution in [2.24, 2.45) is 0 Å². The molecule has 0 saturated heterocycles. The zero-order valence-electron chi connectivity index (χ0n) is 32.6. The van der Waals surface area contributed by atoms with E-state index in [-0.39, 0.29) is 49.0 Å². The number of fused-ring (bicyclic) bond motifs is 4. The van der Waals surface area contributed by atoms with Gasteiger partial charge in [0.05, 0.1) is 0 Å². The maximum absolute atomic E-state index is 2.93. The number of hydrogen-bond acceptors (Lipinski definition) is 0. The molecule has 0 heterocycles. The number of benzene rings is 4. The molecule has 0 bridgehead atoms. The predicted molar refractivity (Wildman–Crippen MR) is 204 cm³/mol. The zero-order chi connectivity index (χ0) is 34.8. The van der Waals surface area contributed by atoms with E-state index in [0.717, 1.165) is 0 Å². The molecule has 0 saturated carbocycles. The molecular formula is C45H66Y-2. The van der Waals surface area contributed by atoms with Gasteiger partial charge in [-0.3, -0.25) is 0 Å². The molecular weight excluding hydrogens is 629 g/mol. The van der Waals surface area contributed by atoms with Crippen LogP contribution in [0.2, 0.25) is 0 Å². The van der Waals surface area contributed by atoms with Crippen LogP contribution in [0.15, 0.2) is 84.9 Å². The maximum atomic E-state index is 2.93. The van der Waals surface area contributed by atoms with E-state index in [0.29, 0.717) is 0 Å². The summed E-state index contributed by atoms with van der Waals surface area (Å²) in [5.74, 6) is 0. The Bertz CT molecular complexity index is 1240. The Hall–Kier alpha value is -2.02. The molecule has 6 rings (SSSR count). The fraction of sp³-hybridized carbons (Fsp3) is 0.467. The molecule has 46 heavy (non-hydrogen) atoms. The molecule has 1 radical (unpaired) electrons. The van der Waals surface area contributed by atoms with Gasteiger partial charge in [-0.25, -0.2) is 0 Å². The van der Waals surface area contributed by atoms with Gasteiger partial charge in [0.15, 0.2) is 0 Å². The fourth-order valence-corrected chi connectivity index (χ4v) is 6.52. The molecule has 0 amide bonds. The van der Waals surface area contributed by atoms with Crippen LogP contribution >= 0.6 is 0 Å². The van der Waals surface area contributed by atoms with Gasteiger partial charge in [0, 0.05) is 38.1 Å². The molecule has 0 fully saturated rings. The van der Waals surface area contributed by atoms with Crippen LogP contribution in [0.4, 0.5) is 0 Å². The van der Waals surface area contributed by atoms with Crippen molar-refractivity contribution in [3.8, 4) is 0 Å². The molecule has 4 aromatic carbocycles. The van der Waals surface area contributed by atoms with E-state index in [1.165, 1.54) is 35.1 Å².